The third-order valence-electron chi connectivity index (χ3n) is 4.13. The van der Waals surface area contributed by atoms with Gasteiger partial charge in [0.15, 0.2) is 0 Å². The Bertz CT molecular complexity index is 470. The van der Waals surface area contributed by atoms with Crippen LogP contribution in [-0.4, -0.2) is 54.6 Å². The molecule has 2 rings (SSSR count). The van der Waals surface area contributed by atoms with Gasteiger partial charge >= 0.3 is 0 Å². The molecule has 3 atom stereocenters. The maximum atomic E-state index is 10.2. The van der Waals surface area contributed by atoms with Crippen molar-refractivity contribution < 1.29 is 14.6 Å². The zero-order chi connectivity index (χ0) is 17.0. The van der Waals surface area contributed by atoms with Gasteiger partial charge in [-0.3, -0.25) is 4.90 Å². The van der Waals surface area contributed by atoms with Gasteiger partial charge in [0, 0.05) is 19.6 Å². The normalized spacial score (nSPS) is 24.4. The molecular weight excluding hydrogens is 290 g/mol. The van der Waals surface area contributed by atoms with Crippen LogP contribution in [-0.2, 0) is 10.2 Å². The minimum absolute atomic E-state index is 0.141. The van der Waals surface area contributed by atoms with E-state index in [0.717, 1.165) is 18.8 Å². The Morgan fingerprint density at radius 3 is 2.26 bits per heavy atom. The summed E-state index contributed by atoms with van der Waals surface area (Å²) in [6.07, 6.45) is -0.0524. The zero-order valence-corrected chi connectivity index (χ0v) is 15.1. The molecule has 1 fully saturated rings. The minimum Gasteiger partial charge on any atom is -0.491 e. The van der Waals surface area contributed by atoms with Crippen molar-refractivity contribution in [2.75, 3.05) is 26.2 Å². The summed E-state index contributed by atoms with van der Waals surface area (Å²) in [5, 5.41) is 10.2. The lowest BCUT2D eigenvalue weighted by Gasteiger charge is -2.36. The van der Waals surface area contributed by atoms with Gasteiger partial charge < -0.3 is 14.6 Å². The van der Waals surface area contributed by atoms with Crippen molar-refractivity contribution in [3.05, 3.63) is 29.8 Å². The molecule has 0 aliphatic carbocycles. The van der Waals surface area contributed by atoms with Crippen LogP contribution in [0.1, 0.15) is 40.2 Å². The molecule has 1 aromatic rings. The predicted octanol–water partition coefficient (Wildman–Crippen LogP) is 2.83. The van der Waals surface area contributed by atoms with Gasteiger partial charge in [0.2, 0.25) is 0 Å². The summed E-state index contributed by atoms with van der Waals surface area (Å²) in [5.74, 6) is 0.806. The topological polar surface area (TPSA) is 41.9 Å². The predicted molar refractivity (Wildman–Crippen MR) is 93.1 cm³/mol. The van der Waals surface area contributed by atoms with Crippen molar-refractivity contribution in [3.63, 3.8) is 0 Å². The second-order valence-electron chi connectivity index (χ2n) is 7.72. The molecule has 0 spiro atoms. The fraction of sp³-hybridized carbons (Fsp3) is 0.684. The Balaban J connectivity index is 1.79. The standard InChI is InChI=1S/C19H31NO3/c1-14-10-20(11-15(2)23-14)12-17(21)13-22-18-8-6-16(7-9-18)19(3,4)5/h6-9,14-15,17,21H,10-13H2,1-5H3/t14-,15+,17-/m1/s1. The average molecular weight is 321 g/mol. The van der Waals surface area contributed by atoms with Crippen LogP contribution in [0, 0.1) is 0 Å². The molecule has 130 valence electrons. The Hall–Kier alpha value is -1.10. The van der Waals surface area contributed by atoms with Crippen molar-refractivity contribution in [3.8, 4) is 5.75 Å². The smallest absolute Gasteiger partial charge is 0.119 e. The Kier molecular flexibility index (Phi) is 6.06. The quantitative estimate of drug-likeness (QED) is 0.905. The monoisotopic (exact) mass is 321 g/mol. The summed E-state index contributed by atoms with van der Waals surface area (Å²) < 4.78 is 11.4. The van der Waals surface area contributed by atoms with E-state index in [9.17, 15) is 5.11 Å². The highest BCUT2D eigenvalue weighted by atomic mass is 16.5. The Labute approximate surface area is 140 Å². The molecular formula is C19H31NO3. The minimum atomic E-state index is -0.491. The molecule has 1 N–H and O–H groups in total. The maximum absolute atomic E-state index is 10.2. The first-order valence-corrected chi connectivity index (χ1v) is 8.53. The van der Waals surface area contributed by atoms with Crippen LogP contribution in [0.2, 0.25) is 0 Å². The molecule has 0 unspecified atom stereocenters. The van der Waals surface area contributed by atoms with Crippen molar-refractivity contribution in [2.45, 2.75) is 58.3 Å². The van der Waals surface area contributed by atoms with Gasteiger partial charge in [-0.05, 0) is 37.0 Å². The van der Waals surface area contributed by atoms with Crippen LogP contribution in [0.15, 0.2) is 24.3 Å². The molecule has 0 radical (unpaired) electrons. The molecule has 4 heteroatoms. The van der Waals surface area contributed by atoms with Crippen LogP contribution in [0.25, 0.3) is 0 Å². The van der Waals surface area contributed by atoms with Crippen molar-refractivity contribution in [1.82, 2.24) is 4.90 Å². The van der Waals surface area contributed by atoms with E-state index in [0.29, 0.717) is 13.2 Å². The van der Waals surface area contributed by atoms with Gasteiger partial charge in [0.25, 0.3) is 0 Å². The van der Waals surface area contributed by atoms with Gasteiger partial charge in [0.1, 0.15) is 18.5 Å². The van der Waals surface area contributed by atoms with E-state index in [-0.39, 0.29) is 17.6 Å². The summed E-state index contributed by atoms with van der Waals surface area (Å²) >= 11 is 0. The number of hydrogen-bond donors (Lipinski definition) is 1. The van der Waals surface area contributed by atoms with Crippen LogP contribution in [0.3, 0.4) is 0 Å². The second kappa shape index (κ2) is 7.65. The largest absolute Gasteiger partial charge is 0.491 e. The van der Waals surface area contributed by atoms with E-state index >= 15 is 0 Å². The summed E-state index contributed by atoms with van der Waals surface area (Å²) in [6, 6.07) is 8.14. The van der Waals surface area contributed by atoms with Crippen LogP contribution in [0.4, 0.5) is 0 Å². The summed E-state index contributed by atoms with van der Waals surface area (Å²) in [7, 11) is 0. The van der Waals surface area contributed by atoms with Crippen LogP contribution < -0.4 is 4.74 Å². The SMILES string of the molecule is C[C@@H]1CN(C[C@@H](O)COc2ccc(C(C)(C)C)cc2)C[C@H](C)O1. The molecule has 1 aliphatic heterocycles. The molecule has 0 saturated carbocycles. The van der Waals surface area contributed by atoms with E-state index in [2.05, 4.69) is 51.7 Å². The summed E-state index contributed by atoms with van der Waals surface area (Å²) in [6.45, 7) is 13.4. The van der Waals surface area contributed by atoms with Crippen molar-refractivity contribution >= 4 is 0 Å². The zero-order valence-electron chi connectivity index (χ0n) is 15.1. The number of ether oxygens (including phenoxy) is 2. The molecule has 23 heavy (non-hydrogen) atoms. The van der Waals surface area contributed by atoms with Crippen molar-refractivity contribution in [1.29, 1.82) is 0 Å². The molecule has 1 saturated heterocycles. The van der Waals surface area contributed by atoms with Crippen LogP contribution in [0.5, 0.6) is 5.75 Å². The van der Waals surface area contributed by atoms with Gasteiger partial charge in [0.05, 0.1) is 12.2 Å². The first-order chi connectivity index (χ1) is 10.7. The Morgan fingerprint density at radius 1 is 1.17 bits per heavy atom. The van der Waals surface area contributed by atoms with E-state index in [4.69, 9.17) is 9.47 Å². The number of rotatable bonds is 5. The first kappa shape index (κ1) is 18.2. The molecule has 4 nitrogen and oxygen atoms in total. The number of nitrogens with zero attached hydrogens (tertiary/aromatic N) is 1. The fourth-order valence-corrected chi connectivity index (χ4v) is 3.03. The van der Waals surface area contributed by atoms with Gasteiger partial charge in [-0.25, -0.2) is 0 Å². The molecule has 1 aromatic carbocycles. The number of aliphatic hydroxyl groups is 1. The number of aliphatic hydroxyl groups excluding tert-OH is 1. The third kappa shape index (κ3) is 5.79. The number of benzene rings is 1. The highest BCUT2D eigenvalue weighted by Gasteiger charge is 2.24. The number of β-amino-alcohol motifs (C(OH)–C–C–N with tert-alkyl or cyclic N) is 1. The summed E-state index contributed by atoms with van der Waals surface area (Å²) in [4.78, 5) is 2.25. The van der Waals surface area contributed by atoms with Gasteiger partial charge in [-0.2, -0.15) is 0 Å². The summed E-state index contributed by atoms with van der Waals surface area (Å²) in [5.41, 5.74) is 1.42. The lowest BCUT2D eigenvalue weighted by molar-refractivity contribution is -0.0786. The number of hydrogen-bond acceptors (Lipinski definition) is 4. The van der Waals surface area contributed by atoms with Crippen molar-refractivity contribution in [2.24, 2.45) is 0 Å². The van der Waals surface area contributed by atoms with Crippen LogP contribution >= 0.6 is 0 Å². The molecule has 1 heterocycles. The lowest BCUT2D eigenvalue weighted by atomic mass is 9.87. The van der Waals surface area contributed by atoms with Gasteiger partial charge in [-0.1, -0.05) is 32.9 Å². The molecule has 0 aromatic heterocycles. The van der Waals surface area contributed by atoms with E-state index in [1.165, 1.54) is 5.56 Å². The molecule has 1 aliphatic rings. The second-order valence-corrected chi connectivity index (χ2v) is 7.72. The van der Waals surface area contributed by atoms with E-state index in [1.54, 1.807) is 0 Å². The maximum Gasteiger partial charge on any atom is 0.119 e. The number of morpholine rings is 1. The lowest BCUT2D eigenvalue weighted by Crippen LogP contribution is -2.48. The highest BCUT2D eigenvalue weighted by Crippen LogP contribution is 2.24. The average Bonchev–Trinajstić information content (AvgIpc) is 2.43. The third-order valence-corrected chi connectivity index (χ3v) is 4.13. The Morgan fingerprint density at radius 2 is 1.74 bits per heavy atom. The first-order valence-electron chi connectivity index (χ1n) is 8.53. The molecule has 0 amide bonds. The van der Waals surface area contributed by atoms with E-state index in [1.807, 2.05) is 12.1 Å². The molecule has 0 bridgehead atoms. The van der Waals surface area contributed by atoms with E-state index < -0.39 is 6.10 Å². The highest BCUT2D eigenvalue weighted by molar-refractivity contribution is 5.31. The fourth-order valence-electron chi connectivity index (χ4n) is 3.03. The van der Waals surface area contributed by atoms with Gasteiger partial charge in [-0.15, -0.1) is 0 Å².